The second-order valence-electron chi connectivity index (χ2n) is 6.43. The first kappa shape index (κ1) is 16.3. The first-order valence-electron chi connectivity index (χ1n) is 8.51. The number of fused-ring (bicyclic) bond motifs is 1. The van der Waals surface area contributed by atoms with Crippen molar-refractivity contribution in [2.45, 2.75) is 31.9 Å². The zero-order valence-corrected chi connectivity index (χ0v) is 13.9. The summed E-state index contributed by atoms with van der Waals surface area (Å²) in [7, 11) is 1.88. The number of hydrogen-bond acceptors (Lipinski definition) is 4. The minimum atomic E-state index is 0.151. The summed E-state index contributed by atoms with van der Waals surface area (Å²) < 4.78 is 11.5. The molecule has 0 bridgehead atoms. The number of amides is 1. The molecule has 126 valence electrons. The second-order valence-corrected chi connectivity index (χ2v) is 6.43. The fourth-order valence-electron chi connectivity index (χ4n) is 3.19. The van der Waals surface area contributed by atoms with Crippen LogP contribution in [0.4, 0.5) is 0 Å². The van der Waals surface area contributed by atoms with E-state index in [4.69, 9.17) is 9.47 Å². The van der Waals surface area contributed by atoms with Gasteiger partial charge in [-0.25, -0.2) is 0 Å². The summed E-state index contributed by atoms with van der Waals surface area (Å²) >= 11 is 0. The van der Waals surface area contributed by atoms with Gasteiger partial charge in [0.2, 0.25) is 5.91 Å². The molecule has 1 unspecified atom stereocenters. The molecule has 5 heteroatoms. The van der Waals surface area contributed by atoms with Gasteiger partial charge in [-0.1, -0.05) is 18.2 Å². The van der Waals surface area contributed by atoms with Crippen LogP contribution < -0.4 is 4.74 Å². The molecule has 0 saturated carbocycles. The van der Waals surface area contributed by atoms with Crippen molar-refractivity contribution in [3.8, 4) is 5.75 Å². The molecule has 0 N–H and O–H groups in total. The lowest BCUT2D eigenvalue weighted by Crippen LogP contribution is -2.43. The van der Waals surface area contributed by atoms with Crippen LogP contribution in [0.25, 0.3) is 0 Å². The van der Waals surface area contributed by atoms with E-state index >= 15 is 0 Å². The third kappa shape index (κ3) is 4.45. The van der Waals surface area contributed by atoms with Crippen molar-refractivity contribution in [3.05, 3.63) is 29.8 Å². The molecule has 2 aliphatic heterocycles. The Hall–Kier alpha value is -1.59. The van der Waals surface area contributed by atoms with Gasteiger partial charge in [-0.2, -0.15) is 0 Å². The maximum atomic E-state index is 12.5. The first-order chi connectivity index (χ1) is 11.2. The summed E-state index contributed by atoms with van der Waals surface area (Å²) in [4.78, 5) is 16.5. The van der Waals surface area contributed by atoms with Gasteiger partial charge in [0.15, 0.2) is 0 Å². The van der Waals surface area contributed by atoms with Crippen LogP contribution >= 0.6 is 0 Å². The topological polar surface area (TPSA) is 42.0 Å². The van der Waals surface area contributed by atoms with Crippen molar-refractivity contribution in [1.29, 1.82) is 0 Å². The van der Waals surface area contributed by atoms with Gasteiger partial charge >= 0.3 is 0 Å². The second kappa shape index (κ2) is 7.79. The van der Waals surface area contributed by atoms with Crippen LogP contribution in [0.2, 0.25) is 0 Å². The van der Waals surface area contributed by atoms with Crippen molar-refractivity contribution in [2.75, 3.05) is 39.9 Å². The molecule has 1 aromatic carbocycles. The quantitative estimate of drug-likeness (QED) is 0.850. The summed E-state index contributed by atoms with van der Waals surface area (Å²) in [5, 5.41) is 0. The van der Waals surface area contributed by atoms with Crippen molar-refractivity contribution in [2.24, 2.45) is 0 Å². The van der Waals surface area contributed by atoms with Crippen LogP contribution in [-0.2, 0) is 16.1 Å². The SMILES string of the molecule is CN(CC1CCCCO1)C(=O)CN1CCOc2ccccc2C1. The molecule has 0 radical (unpaired) electrons. The summed E-state index contributed by atoms with van der Waals surface area (Å²) in [6, 6.07) is 8.06. The van der Waals surface area contributed by atoms with Crippen LogP contribution in [0.1, 0.15) is 24.8 Å². The van der Waals surface area contributed by atoms with Gasteiger partial charge in [0.1, 0.15) is 12.4 Å². The molecule has 2 heterocycles. The Balaban J connectivity index is 1.52. The van der Waals surface area contributed by atoms with E-state index in [0.29, 0.717) is 19.7 Å². The Morgan fingerprint density at radius 1 is 1.30 bits per heavy atom. The van der Waals surface area contributed by atoms with Crippen LogP contribution in [-0.4, -0.2) is 61.7 Å². The van der Waals surface area contributed by atoms with Gasteiger partial charge in [0, 0.05) is 38.9 Å². The van der Waals surface area contributed by atoms with E-state index in [1.165, 1.54) is 6.42 Å². The van der Waals surface area contributed by atoms with Gasteiger partial charge in [0.05, 0.1) is 12.6 Å². The Labute approximate surface area is 138 Å². The Kier molecular flexibility index (Phi) is 5.51. The Bertz CT molecular complexity index is 529. The van der Waals surface area contributed by atoms with Gasteiger partial charge in [-0.3, -0.25) is 9.69 Å². The van der Waals surface area contributed by atoms with E-state index in [9.17, 15) is 4.79 Å². The third-order valence-electron chi connectivity index (χ3n) is 4.57. The highest BCUT2D eigenvalue weighted by Gasteiger charge is 2.22. The highest BCUT2D eigenvalue weighted by Crippen LogP contribution is 2.22. The lowest BCUT2D eigenvalue weighted by Gasteiger charge is -2.29. The predicted molar refractivity (Wildman–Crippen MR) is 88.4 cm³/mol. The fraction of sp³-hybridized carbons (Fsp3) is 0.611. The standard InChI is InChI=1S/C18H26N2O3/c1-19(13-16-7-4-5-10-22-16)18(21)14-20-9-11-23-17-8-3-2-6-15(17)12-20/h2-3,6,8,16H,4-5,7,9-14H2,1H3. The number of nitrogens with zero attached hydrogens (tertiary/aromatic N) is 2. The van der Waals surface area contributed by atoms with E-state index in [2.05, 4.69) is 11.0 Å². The highest BCUT2D eigenvalue weighted by molar-refractivity contribution is 5.78. The molecule has 3 rings (SSSR count). The van der Waals surface area contributed by atoms with Gasteiger partial charge < -0.3 is 14.4 Å². The first-order valence-corrected chi connectivity index (χ1v) is 8.51. The zero-order valence-electron chi connectivity index (χ0n) is 13.9. The average molecular weight is 318 g/mol. The molecule has 1 atom stereocenters. The Morgan fingerprint density at radius 3 is 3.00 bits per heavy atom. The summed E-state index contributed by atoms with van der Waals surface area (Å²) in [5.41, 5.74) is 1.15. The molecular weight excluding hydrogens is 292 g/mol. The van der Waals surface area contributed by atoms with Crippen molar-refractivity contribution < 1.29 is 14.3 Å². The van der Waals surface area contributed by atoms with Crippen molar-refractivity contribution in [3.63, 3.8) is 0 Å². The fourth-order valence-corrected chi connectivity index (χ4v) is 3.19. The average Bonchev–Trinajstić information content (AvgIpc) is 2.77. The predicted octanol–water partition coefficient (Wildman–Crippen LogP) is 1.91. The number of ether oxygens (including phenoxy) is 2. The number of para-hydroxylation sites is 1. The van der Waals surface area contributed by atoms with E-state index in [1.54, 1.807) is 0 Å². The molecule has 1 fully saturated rings. The molecule has 2 aliphatic rings. The number of rotatable bonds is 4. The number of carbonyl (C=O) groups excluding carboxylic acids is 1. The smallest absolute Gasteiger partial charge is 0.236 e. The molecule has 5 nitrogen and oxygen atoms in total. The van der Waals surface area contributed by atoms with Crippen molar-refractivity contribution >= 4 is 5.91 Å². The lowest BCUT2D eigenvalue weighted by atomic mass is 10.1. The third-order valence-corrected chi connectivity index (χ3v) is 4.57. The van der Waals surface area contributed by atoms with Crippen LogP contribution in [0.5, 0.6) is 5.75 Å². The van der Waals surface area contributed by atoms with E-state index in [1.807, 2.05) is 30.1 Å². The maximum Gasteiger partial charge on any atom is 0.236 e. The number of benzene rings is 1. The minimum absolute atomic E-state index is 0.151. The summed E-state index contributed by atoms with van der Waals surface area (Å²) in [6.45, 7) is 4.11. The molecule has 1 aromatic rings. The molecule has 23 heavy (non-hydrogen) atoms. The zero-order chi connectivity index (χ0) is 16.1. The van der Waals surface area contributed by atoms with E-state index in [0.717, 1.165) is 43.9 Å². The number of hydrogen-bond donors (Lipinski definition) is 0. The largest absolute Gasteiger partial charge is 0.492 e. The van der Waals surface area contributed by atoms with E-state index in [-0.39, 0.29) is 12.0 Å². The molecular formula is C18H26N2O3. The number of likely N-dealkylation sites (N-methyl/N-ethyl adjacent to an activating group) is 1. The van der Waals surface area contributed by atoms with Crippen LogP contribution in [0, 0.1) is 0 Å². The maximum absolute atomic E-state index is 12.5. The normalized spacial score (nSPS) is 21.9. The van der Waals surface area contributed by atoms with Crippen LogP contribution in [0.15, 0.2) is 24.3 Å². The molecule has 0 aromatic heterocycles. The van der Waals surface area contributed by atoms with E-state index < -0.39 is 0 Å². The highest BCUT2D eigenvalue weighted by atomic mass is 16.5. The summed E-state index contributed by atoms with van der Waals surface area (Å²) in [6.07, 6.45) is 3.60. The van der Waals surface area contributed by atoms with Crippen LogP contribution in [0.3, 0.4) is 0 Å². The van der Waals surface area contributed by atoms with Gasteiger partial charge in [0.25, 0.3) is 0 Å². The van der Waals surface area contributed by atoms with Gasteiger partial charge in [-0.15, -0.1) is 0 Å². The molecule has 1 amide bonds. The molecule has 1 saturated heterocycles. The molecule has 0 aliphatic carbocycles. The van der Waals surface area contributed by atoms with Crippen molar-refractivity contribution in [1.82, 2.24) is 9.80 Å². The molecule has 0 spiro atoms. The lowest BCUT2D eigenvalue weighted by molar-refractivity contribution is -0.133. The van der Waals surface area contributed by atoms with Gasteiger partial charge in [-0.05, 0) is 25.3 Å². The summed E-state index contributed by atoms with van der Waals surface area (Å²) in [5.74, 6) is 1.09. The Morgan fingerprint density at radius 2 is 2.17 bits per heavy atom. The number of carbonyl (C=O) groups is 1. The minimum Gasteiger partial charge on any atom is -0.492 e. The monoisotopic (exact) mass is 318 g/mol.